The molecule has 0 amide bonds. The second-order valence-corrected chi connectivity index (χ2v) is 5.57. The summed E-state index contributed by atoms with van der Waals surface area (Å²) in [4.78, 5) is 4.61. The highest BCUT2D eigenvalue weighted by Crippen LogP contribution is 2.32. The zero-order valence-electron chi connectivity index (χ0n) is 10.0. The van der Waals surface area contributed by atoms with Crippen LogP contribution in [-0.2, 0) is 12.8 Å². The third kappa shape index (κ3) is 2.10. The molecule has 0 aliphatic heterocycles. The van der Waals surface area contributed by atoms with Gasteiger partial charge in [0, 0.05) is 10.9 Å². The van der Waals surface area contributed by atoms with Gasteiger partial charge < -0.3 is 10.2 Å². The number of aromatic nitrogens is 1. The summed E-state index contributed by atoms with van der Waals surface area (Å²) in [5.41, 5.74) is 7.85. The summed E-state index contributed by atoms with van der Waals surface area (Å²) < 4.78 is 6.92. The van der Waals surface area contributed by atoms with Crippen molar-refractivity contribution >= 4 is 15.9 Å². The van der Waals surface area contributed by atoms with Crippen LogP contribution in [0.5, 0.6) is 0 Å². The van der Waals surface area contributed by atoms with Gasteiger partial charge in [-0.2, -0.15) is 0 Å². The van der Waals surface area contributed by atoms with E-state index in [2.05, 4.69) is 20.9 Å². The van der Waals surface area contributed by atoms with Gasteiger partial charge in [0.2, 0.25) is 5.89 Å². The summed E-state index contributed by atoms with van der Waals surface area (Å²) in [6.07, 6.45) is 3.01. The van der Waals surface area contributed by atoms with Gasteiger partial charge in [-0.1, -0.05) is 12.1 Å². The van der Waals surface area contributed by atoms with Gasteiger partial charge in [-0.25, -0.2) is 4.98 Å². The first-order valence-corrected chi connectivity index (χ1v) is 7.00. The lowest BCUT2D eigenvalue weighted by molar-refractivity contribution is 0.401. The SMILES string of the molecule is NCC1CCc2nc(-c3ccccc3Br)oc2C1. The summed E-state index contributed by atoms with van der Waals surface area (Å²) in [5.74, 6) is 2.27. The molecule has 1 aliphatic carbocycles. The summed E-state index contributed by atoms with van der Waals surface area (Å²) >= 11 is 3.53. The molecule has 3 nitrogen and oxygen atoms in total. The Morgan fingerprint density at radius 2 is 2.22 bits per heavy atom. The van der Waals surface area contributed by atoms with Crippen LogP contribution < -0.4 is 5.73 Å². The molecule has 4 heteroatoms. The monoisotopic (exact) mass is 306 g/mol. The maximum absolute atomic E-state index is 5.91. The lowest BCUT2D eigenvalue weighted by atomic mass is 9.91. The highest BCUT2D eigenvalue weighted by atomic mass is 79.9. The number of hydrogen-bond acceptors (Lipinski definition) is 3. The van der Waals surface area contributed by atoms with Crippen molar-refractivity contribution in [3.05, 3.63) is 40.2 Å². The predicted octanol–water partition coefficient (Wildman–Crippen LogP) is 3.17. The van der Waals surface area contributed by atoms with E-state index in [1.165, 1.54) is 0 Å². The molecule has 2 aromatic rings. The number of nitrogens with two attached hydrogens (primary N) is 1. The van der Waals surface area contributed by atoms with Gasteiger partial charge in [0.05, 0.1) is 11.3 Å². The minimum atomic E-state index is 0.539. The number of nitrogens with zero attached hydrogens (tertiary/aromatic N) is 1. The lowest BCUT2D eigenvalue weighted by Crippen LogP contribution is -2.21. The fourth-order valence-corrected chi connectivity index (χ4v) is 2.85. The Morgan fingerprint density at radius 3 is 3.00 bits per heavy atom. The second-order valence-electron chi connectivity index (χ2n) is 4.71. The van der Waals surface area contributed by atoms with Crippen molar-refractivity contribution in [3.8, 4) is 11.5 Å². The Labute approximate surface area is 115 Å². The molecule has 1 heterocycles. The van der Waals surface area contributed by atoms with Gasteiger partial charge in [0.25, 0.3) is 0 Å². The fourth-order valence-electron chi connectivity index (χ4n) is 2.39. The highest BCUT2D eigenvalue weighted by Gasteiger charge is 2.24. The Hall–Kier alpha value is -1.13. The second kappa shape index (κ2) is 4.86. The highest BCUT2D eigenvalue weighted by molar-refractivity contribution is 9.10. The number of rotatable bonds is 2. The number of hydrogen-bond donors (Lipinski definition) is 1. The minimum absolute atomic E-state index is 0.539. The molecule has 0 radical (unpaired) electrons. The number of benzene rings is 1. The smallest absolute Gasteiger partial charge is 0.227 e. The van der Waals surface area contributed by atoms with Crippen LogP contribution in [0.25, 0.3) is 11.5 Å². The molecule has 1 aliphatic rings. The maximum Gasteiger partial charge on any atom is 0.227 e. The van der Waals surface area contributed by atoms with E-state index in [9.17, 15) is 0 Å². The standard InChI is InChI=1S/C14H15BrN2O/c15-11-4-2-1-3-10(11)14-17-12-6-5-9(8-16)7-13(12)18-14/h1-4,9H,5-8,16H2. The first-order valence-electron chi connectivity index (χ1n) is 6.21. The number of halogens is 1. The Kier molecular flexibility index (Phi) is 3.22. The lowest BCUT2D eigenvalue weighted by Gasteiger charge is -2.17. The van der Waals surface area contributed by atoms with E-state index < -0.39 is 0 Å². The zero-order chi connectivity index (χ0) is 12.5. The van der Waals surface area contributed by atoms with E-state index in [4.69, 9.17) is 10.2 Å². The summed E-state index contributed by atoms with van der Waals surface area (Å²) in [7, 11) is 0. The molecule has 1 aromatic carbocycles. The summed E-state index contributed by atoms with van der Waals surface area (Å²) in [5, 5.41) is 0. The molecule has 1 aromatic heterocycles. The van der Waals surface area contributed by atoms with Gasteiger partial charge in [-0.05, 0) is 53.4 Å². The molecule has 0 fully saturated rings. The summed E-state index contributed by atoms with van der Waals surface area (Å²) in [6.45, 7) is 0.727. The van der Waals surface area contributed by atoms with Crippen molar-refractivity contribution in [2.75, 3.05) is 6.54 Å². The third-order valence-electron chi connectivity index (χ3n) is 3.48. The van der Waals surface area contributed by atoms with E-state index in [0.29, 0.717) is 11.8 Å². The van der Waals surface area contributed by atoms with E-state index in [1.54, 1.807) is 0 Å². The van der Waals surface area contributed by atoms with Gasteiger partial charge in [-0.15, -0.1) is 0 Å². The van der Waals surface area contributed by atoms with Crippen LogP contribution in [-0.4, -0.2) is 11.5 Å². The van der Waals surface area contributed by atoms with Gasteiger partial charge in [-0.3, -0.25) is 0 Å². The quantitative estimate of drug-likeness (QED) is 0.927. The van der Waals surface area contributed by atoms with E-state index in [1.807, 2.05) is 24.3 Å². The van der Waals surface area contributed by atoms with Crippen LogP contribution >= 0.6 is 15.9 Å². The average molecular weight is 307 g/mol. The largest absolute Gasteiger partial charge is 0.441 e. The van der Waals surface area contributed by atoms with Gasteiger partial charge >= 0.3 is 0 Å². The number of aryl methyl sites for hydroxylation is 1. The molecular formula is C14H15BrN2O. The first kappa shape index (κ1) is 11.9. The van der Waals surface area contributed by atoms with Crippen molar-refractivity contribution in [1.82, 2.24) is 4.98 Å². The third-order valence-corrected chi connectivity index (χ3v) is 4.17. The molecule has 1 unspecified atom stereocenters. The van der Waals surface area contributed by atoms with Crippen LogP contribution in [0, 0.1) is 5.92 Å². The van der Waals surface area contributed by atoms with Crippen LogP contribution in [0.4, 0.5) is 0 Å². The summed E-state index contributed by atoms with van der Waals surface area (Å²) in [6, 6.07) is 8.00. The fraction of sp³-hybridized carbons (Fsp3) is 0.357. The normalized spacial score (nSPS) is 18.7. The maximum atomic E-state index is 5.91. The van der Waals surface area contributed by atoms with Crippen LogP contribution in [0.1, 0.15) is 17.9 Å². The Bertz CT molecular complexity index is 565. The molecule has 94 valence electrons. The molecular weight excluding hydrogens is 292 g/mol. The molecule has 0 saturated heterocycles. The van der Waals surface area contributed by atoms with Crippen molar-refractivity contribution in [1.29, 1.82) is 0 Å². The molecule has 0 bridgehead atoms. The number of oxazole rings is 1. The molecule has 3 rings (SSSR count). The van der Waals surface area contributed by atoms with Crippen molar-refractivity contribution < 1.29 is 4.42 Å². The average Bonchev–Trinajstić information content (AvgIpc) is 2.81. The van der Waals surface area contributed by atoms with E-state index >= 15 is 0 Å². The first-order chi connectivity index (χ1) is 8.78. The van der Waals surface area contributed by atoms with Crippen LogP contribution in [0.15, 0.2) is 33.2 Å². The molecule has 0 saturated carbocycles. The Balaban J connectivity index is 1.97. The molecule has 2 N–H and O–H groups in total. The van der Waals surface area contributed by atoms with Crippen LogP contribution in [0.3, 0.4) is 0 Å². The zero-order valence-corrected chi connectivity index (χ0v) is 11.6. The molecule has 0 spiro atoms. The molecule has 18 heavy (non-hydrogen) atoms. The van der Waals surface area contributed by atoms with Crippen molar-refractivity contribution in [2.24, 2.45) is 11.7 Å². The predicted molar refractivity (Wildman–Crippen MR) is 74.2 cm³/mol. The Morgan fingerprint density at radius 1 is 1.39 bits per heavy atom. The van der Waals surface area contributed by atoms with E-state index in [0.717, 1.165) is 47.3 Å². The topological polar surface area (TPSA) is 52.0 Å². The molecule has 1 atom stereocenters. The van der Waals surface area contributed by atoms with Crippen LogP contribution in [0.2, 0.25) is 0 Å². The van der Waals surface area contributed by atoms with Crippen molar-refractivity contribution in [2.45, 2.75) is 19.3 Å². The number of fused-ring (bicyclic) bond motifs is 1. The van der Waals surface area contributed by atoms with Crippen molar-refractivity contribution in [3.63, 3.8) is 0 Å². The minimum Gasteiger partial charge on any atom is -0.441 e. The van der Waals surface area contributed by atoms with E-state index in [-0.39, 0.29) is 0 Å². The van der Waals surface area contributed by atoms with Gasteiger partial charge in [0.15, 0.2) is 0 Å². The van der Waals surface area contributed by atoms with Gasteiger partial charge in [0.1, 0.15) is 5.76 Å².